The molecule has 0 atom stereocenters. The number of hydrogen-bond acceptors (Lipinski definition) is 2. The first-order chi connectivity index (χ1) is 7.52. The van der Waals surface area contributed by atoms with Crippen LogP contribution in [0.3, 0.4) is 0 Å². The first-order valence-corrected chi connectivity index (χ1v) is 5.34. The van der Waals surface area contributed by atoms with Crippen molar-refractivity contribution in [2.24, 2.45) is 5.92 Å². The predicted molar refractivity (Wildman–Crippen MR) is 62.6 cm³/mol. The van der Waals surface area contributed by atoms with Crippen molar-refractivity contribution in [2.75, 3.05) is 12.3 Å². The largest absolute Gasteiger partial charge is 0.396 e. The summed E-state index contributed by atoms with van der Waals surface area (Å²) >= 11 is 0. The molecule has 0 aliphatic rings. The Morgan fingerprint density at radius 3 is 2.81 bits per heavy atom. The van der Waals surface area contributed by atoms with E-state index in [4.69, 9.17) is 5.73 Å². The summed E-state index contributed by atoms with van der Waals surface area (Å²) in [5.74, 6) is -0.362. The van der Waals surface area contributed by atoms with Crippen molar-refractivity contribution < 1.29 is 9.18 Å². The van der Waals surface area contributed by atoms with E-state index in [0.29, 0.717) is 12.5 Å². The molecule has 0 saturated heterocycles. The summed E-state index contributed by atoms with van der Waals surface area (Å²) < 4.78 is 13.1. The van der Waals surface area contributed by atoms with Gasteiger partial charge in [-0.25, -0.2) is 4.39 Å². The van der Waals surface area contributed by atoms with E-state index in [0.717, 1.165) is 6.42 Å². The van der Waals surface area contributed by atoms with Gasteiger partial charge in [-0.2, -0.15) is 0 Å². The van der Waals surface area contributed by atoms with Crippen LogP contribution in [0.15, 0.2) is 18.2 Å². The minimum atomic E-state index is -0.559. The number of nitrogen functional groups attached to an aromatic ring is 1. The third-order valence-electron chi connectivity index (χ3n) is 2.30. The number of nitrogens with two attached hydrogens (primary N) is 1. The van der Waals surface area contributed by atoms with E-state index in [9.17, 15) is 9.18 Å². The molecule has 0 bridgehead atoms. The lowest BCUT2D eigenvalue weighted by Crippen LogP contribution is -2.26. The number of carbonyl (C=O) groups is 1. The molecule has 1 aromatic carbocycles. The van der Waals surface area contributed by atoms with Crippen molar-refractivity contribution in [1.29, 1.82) is 0 Å². The number of para-hydroxylation sites is 1. The molecular formula is C12H17FN2O. The van der Waals surface area contributed by atoms with Gasteiger partial charge in [0.25, 0.3) is 5.91 Å². The molecule has 0 spiro atoms. The van der Waals surface area contributed by atoms with E-state index in [1.165, 1.54) is 18.2 Å². The van der Waals surface area contributed by atoms with Crippen molar-refractivity contribution in [3.63, 3.8) is 0 Å². The van der Waals surface area contributed by atoms with Gasteiger partial charge in [0.15, 0.2) is 0 Å². The second-order valence-corrected chi connectivity index (χ2v) is 4.14. The molecular weight excluding hydrogens is 207 g/mol. The van der Waals surface area contributed by atoms with Crippen molar-refractivity contribution in [1.82, 2.24) is 5.32 Å². The SMILES string of the molecule is CC(C)CCNC(=O)c1cccc(F)c1N. The lowest BCUT2D eigenvalue weighted by atomic mass is 10.1. The van der Waals surface area contributed by atoms with E-state index in [-0.39, 0.29) is 17.2 Å². The maximum atomic E-state index is 13.1. The molecule has 0 aromatic heterocycles. The molecule has 0 aliphatic carbocycles. The molecule has 1 aromatic rings. The van der Waals surface area contributed by atoms with Crippen molar-refractivity contribution >= 4 is 11.6 Å². The molecule has 0 unspecified atom stereocenters. The van der Waals surface area contributed by atoms with Gasteiger partial charge in [-0.3, -0.25) is 4.79 Å². The Morgan fingerprint density at radius 2 is 2.19 bits per heavy atom. The number of amides is 1. The van der Waals surface area contributed by atoms with Crippen LogP contribution in [0.1, 0.15) is 30.6 Å². The van der Waals surface area contributed by atoms with Crippen LogP contribution in [0.5, 0.6) is 0 Å². The van der Waals surface area contributed by atoms with Crippen LogP contribution >= 0.6 is 0 Å². The fraction of sp³-hybridized carbons (Fsp3) is 0.417. The Hall–Kier alpha value is -1.58. The second kappa shape index (κ2) is 5.49. The molecule has 3 N–H and O–H groups in total. The van der Waals surface area contributed by atoms with Crippen LogP contribution in [0.2, 0.25) is 0 Å². The third kappa shape index (κ3) is 3.22. The number of nitrogens with one attached hydrogen (secondary N) is 1. The van der Waals surface area contributed by atoms with Gasteiger partial charge in [0, 0.05) is 6.54 Å². The fourth-order valence-corrected chi connectivity index (χ4v) is 1.30. The van der Waals surface area contributed by atoms with Gasteiger partial charge in [0.1, 0.15) is 5.82 Å². The van der Waals surface area contributed by atoms with Gasteiger partial charge in [0.2, 0.25) is 0 Å². The normalized spacial score (nSPS) is 10.5. The smallest absolute Gasteiger partial charge is 0.253 e. The highest BCUT2D eigenvalue weighted by Gasteiger charge is 2.11. The summed E-state index contributed by atoms with van der Waals surface area (Å²) in [4.78, 5) is 11.6. The molecule has 0 aliphatic heterocycles. The van der Waals surface area contributed by atoms with Gasteiger partial charge < -0.3 is 11.1 Å². The second-order valence-electron chi connectivity index (χ2n) is 4.14. The summed E-state index contributed by atoms with van der Waals surface area (Å²) in [5, 5.41) is 2.71. The molecule has 3 nitrogen and oxygen atoms in total. The van der Waals surface area contributed by atoms with Crippen molar-refractivity contribution in [3.05, 3.63) is 29.6 Å². The molecule has 0 saturated carbocycles. The third-order valence-corrected chi connectivity index (χ3v) is 2.30. The molecule has 0 heterocycles. The van der Waals surface area contributed by atoms with E-state index in [1.54, 1.807) is 0 Å². The zero-order valence-corrected chi connectivity index (χ0v) is 9.59. The average molecular weight is 224 g/mol. The number of anilines is 1. The van der Waals surface area contributed by atoms with Gasteiger partial charge in [-0.05, 0) is 24.5 Å². The van der Waals surface area contributed by atoms with Crippen molar-refractivity contribution in [3.8, 4) is 0 Å². The Bertz CT molecular complexity index is 377. The van der Waals surface area contributed by atoms with Crippen LogP contribution in [-0.4, -0.2) is 12.5 Å². The minimum absolute atomic E-state index is 0.0930. The zero-order valence-electron chi connectivity index (χ0n) is 9.59. The maximum Gasteiger partial charge on any atom is 0.253 e. The highest BCUT2D eigenvalue weighted by Crippen LogP contribution is 2.15. The van der Waals surface area contributed by atoms with Crippen LogP contribution in [0.4, 0.5) is 10.1 Å². The number of benzene rings is 1. The first-order valence-electron chi connectivity index (χ1n) is 5.34. The number of halogens is 1. The van der Waals surface area contributed by atoms with Gasteiger partial charge in [0.05, 0.1) is 11.3 Å². The Balaban J connectivity index is 2.63. The van der Waals surface area contributed by atoms with E-state index in [1.807, 2.05) is 0 Å². The Labute approximate surface area is 94.8 Å². The van der Waals surface area contributed by atoms with Crippen LogP contribution in [-0.2, 0) is 0 Å². The summed E-state index contributed by atoms with van der Waals surface area (Å²) in [5.41, 5.74) is 5.58. The fourth-order valence-electron chi connectivity index (χ4n) is 1.30. The maximum absolute atomic E-state index is 13.1. The number of rotatable bonds is 4. The zero-order chi connectivity index (χ0) is 12.1. The first kappa shape index (κ1) is 12.5. The quantitative estimate of drug-likeness (QED) is 0.770. The lowest BCUT2D eigenvalue weighted by Gasteiger charge is -2.09. The lowest BCUT2D eigenvalue weighted by molar-refractivity contribution is 0.0952. The van der Waals surface area contributed by atoms with Crippen LogP contribution in [0, 0.1) is 11.7 Å². The molecule has 4 heteroatoms. The van der Waals surface area contributed by atoms with E-state index in [2.05, 4.69) is 19.2 Å². The Kier molecular flexibility index (Phi) is 4.28. The summed E-state index contributed by atoms with van der Waals surface area (Å²) in [6.07, 6.45) is 0.890. The van der Waals surface area contributed by atoms with E-state index < -0.39 is 5.82 Å². The van der Waals surface area contributed by atoms with Gasteiger partial charge in [-0.1, -0.05) is 19.9 Å². The summed E-state index contributed by atoms with van der Waals surface area (Å²) in [6, 6.07) is 4.23. The van der Waals surface area contributed by atoms with E-state index >= 15 is 0 Å². The average Bonchev–Trinajstić information content (AvgIpc) is 2.21. The number of hydrogen-bond donors (Lipinski definition) is 2. The molecule has 1 rings (SSSR count). The summed E-state index contributed by atoms with van der Waals surface area (Å²) in [7, 11) is 0. The monoisotopic (exact) mass is 224 g/mol. The standard InChI is InChI=1S/C12H17FN2O/c1-8(2)6-7-15-12(16)9-4-3-5-10(13)11(9)14/h3-5,8H,6-7,14H2,1-2H3,(H,15,16). The van der Waals surface area contributed by atoms with Crippen LogP contribution < -0.4 is 11.1 Å². The molecule has 16 heavy (non-hydrogen) atoms. The predicted octanol–water partition coefficient (Wildman–Crippen LogP) is 2.18. The highest BCUT2D eigenvalue weighted by molar-refractivity contribution is 5.99. The highest BCUT2D eigenvalue weighted by atomic mass is 19.1. The van der Waals surface area contributed by atoms with Crippen LogP contribution in [0.25, 0.3) is 0 Å². The van der Waals surface area contributed by atoms with Gasteiger partial charge >= 0.3 is 0 Å². The topological polar surface area (TPSA) is 55.1 Å². The van der Waals surface area contributed by atoms with Gasteiger partial charge in [-0.15, -0.1) is 0 Å². The summed E-state index contributed by atoms with van der Waals surface area (Å²) in [6.45, 7) is 4.72. The molecule has 1 amide bonds. The number of carbonyl (C=O) groups excluding carboxylic acids is 1. The van der Waals surface area contributed by atoms with Crippen molar-refractivity contribution in [2.45, 2.75) is 20.3 Å². The minimum Gasteiger partial charge on any atom is -0.396 e. The molecule has 0 radical (unpaired) electrons. The Morgan fingerprint density at radius 1 is 1.50 bits per heavy atom. The molecule has 0 fully saturated rings. The molecule has 88 valence electrons.